The van der Waals surface area contributed by atoms with Gasteiger partial charge in [0.25, 0.3) is 15.9 Å². The van der Waals surface area contributed by atoms with E-state index in [2.05, 4.69) is 20.3 Å². The van der Waals surface area contributed by atoms with E-state index in [-0.39, 0.29) is 5.91 Å². The lowest BCUT2D eigenvalue weighted by atomic mass is 10.2. The third-order valence-electron chi connectivity index (χ3n) is 4.63. The fourth-order valence-corrected chi connectivity index (χ4v) is 4.78. The van der Waals surface area contributed by atoms with Crippen LogP contribution in [0.1, 0.15) is 15.9 Å². The summed E-state index contributed by atoms with van der Waals surface area (Å²) in [6.07, 6.45) is 1.52. The number of anilines is 2. The maximum atomic E-state index is 12.4. The van der Waals surface area contributed by atoms with Gasteiger partial charge in [-0.1, -0.05) is 53.8 Å². The van der Waals surface area contributed by atoms with Gasteiger partial charge in [-0.3, -0.25) is 9.52 Å². The number of carbonyl (C=O) groups is 1. The minimum absolute atomic E-state index is 0.237. The summed E-state index contributed by atoms with van der Waals surface area (Å²) in [5.74, 6) is -0.237. The molecule has 0 atom stereocenters. The number of nitrogens with zero attached hydrogens (tertiary/aromatic N) is 1. The fourth-order valence-electron chi connectivity index (χ4n) is 3.02. The van der Waals surface area contributed by atoms with Crippen molar-refractivity contribution in [3.63, 3.8) is 0 Å². The first-order valence-corrected chi connectivity index (χ1v) is 12.6. The second-order valence-electron chi connectivity index (χ2n) is 7.11. The average molecular weight is 479 g/mol. The van der Waals surface area contributed by atoms with Gasteiger partial charge >= 0.3 is 0 Å². The largest absolute Gasteiger partial charge is 0.360 e. The van der Waals surface area contributed by atoms with Gasteiger partial charge in [-0.25, -0.2) is 13.4 Å². The number of para-hydroxylation sites is 1. The van der Waals surface area contributed by atoms with E-state index < -0.39 is 10.0 Å². The molecule has 0 saturated heterocycles. The first-order chi connectivity index (χ1) is 16.0. The average Bonchev–Trinajstić information content (AvgIpc) is 3.24. The number of benzene rings is 3. The Labute approximate surface area is 196 Å². The maximum absolute atomic E-state index is 12.4. The van der Waals surface area contributed by atoms with E-state index in [0.29, 0.717) is 24.3 Å². The van der Waals surface area contributed by atoms with Gasteiger partial charge in [0.05, 0.1) is 15.6 Å². The summed E-state index contributed by atoms with van der Waals surface area (Å²) in [5.41, 5.74) is 2.55. The molecule has 9 heteroatoms. The molecule has 1 amide bonds. The predicted octanol–water partition coefficient (Wildman–Crippen LogP) is 4.55. The molecule has 4 aromatic rings. The number of aromatic nitrogens is 1. The Balaban J connectivity index is 1.25. The number of hydrogen-bond donors (Lipinski definition) is 3. The molecule has 0 aliphatic rings. The zero-order valence-electron chi connectivity index (χ0n) is 17.6. The molecule has 0 spiro atoms. The van der Waals surface area contributed by atoms with Gasteiger partial charge in [0, 0.05) is 24.3 Å². The van der Waals surface area contributed by atoms with Gasteiger partial charge in [0.1, 0.15) is 0 Å². The Bertz CT molecular complexity index is 1330. The van der Waals surface area contributed by atoms with Crippen LogP contribution >= 0.6 is 11.3 Å². The van der Waals surface area contributed by atoms with Gasteiger partial charge in [-0.2, -0.15) is 0 Å². The van der Waals surface area contributed by atoms with Crippen molar-refractivity contribution in [2.24, 2.45) is 0 Å². The van der Waals surface area contributed by atoms with Crippen LogP contribution in [0.15, 0.2) is 84.3 Å². The fraction of sp³-hybridized carbons (Fsp3) is 0.0833. The molecule has 0 aliphatic heterocycles. The zero-order valence-corrected chi connectivity index (χ0v) is 19.2. The molecular formula is C24H22N4O3S2. The Morgan fingerprint density at radius 1 is 0.909 bits per heavy atom. The number of amides is 1. The third-order valence-corrected chi connectivity index (χ3v) is 6.64. The number of carbonyl (C=O) groups excluding carboxylic acids is 1. The van der Waals surface area contributed by atoms with E-state index in [9.17, 15) is 13.2 Å². The Hall–Kier alpha value is -3.69. The third kappa shape index (κ3) is 6.41. The molecule has 0 saturated carbocycles. The molecule has 33 heavy (non-hydrogen) atoms. The summed E-state index contributed by atoms with van der Waals surface area (Å²) in [5, 5.41) is 7.96. The number of nitrogens with one attached hydrogen (secondary N) is 3. The smallest absolute Gasteiger partial charge is 0.255 e. The topological polar surface area (TPSA) is 100 Å². The number of hydrogen-bond acceptors (Lipinski definition) is 6. The van der Waals surface area contributed by atoms with E-state index in [4.69, 9.17) is 0 Å². The highest BCUT2D eigenvalue weighted by molar-refractivity contribution is 7.95. The Morgan fingerprint density at radius 2 is 1.64 bits per heavy atom. The van der Waals surface area contributed by atoms with Gasteiger partial charge in [-0.15, -0.1) is 0 Å². The highest BCUT2D eigenvalue weighted by atomic mass is 32.2. The summed E-state index contributed by atoms with van der Waals surface area (Å²) in [6.45, 7) is 0.963. The second kappa shape index (κ2) is 10.3. The normalized spacial score (nSPS) is 11.5. The standard InChI is InChI=1S/C24H22N4O3S2/c29-23(25-15-16-26-24-27-21-8-4-5-9-22(21)32-24)19-10-12-20(13-11-19)28-33(30,31)17-14-18-6-2-1-3-7-18/h1-14,17,28H,15-16H2,(H,25,29)(H,26,27)/b17-14+. The lowest BCUT2D eigenvalue weighted by Crippen LogP contribution is -2.28. The first-order valence-electron chi connectivity index (χ1n) is 10.2. The van der Waals surface area contributed by atoms with Gasteiger partial charge < -0.3 is 10.6 Å². The van der Waals surface area contributed by atoms with Crippen molar-refractivity contribution in [2.45, 2.75) is 0 Å². The summed E-state index contributed by atoms with van der Waals surface area (Å²) >= 11 is 1.56. The van der Waals surface area contributed by atoms with Crippen molar-refractivity contribution in [3.05, 3.63) is 95.4 Å². The highest BCUT2D eigenvalue weighted by Gasteiger charge is 2.09. The quantitative estimate of drug-likeness (QED) is 0.307. The van der Waals surface area contributed by atoms with Crippen LogP contribution in [-0.2, 0) is 10.0 Å². The first kappa shape index (κ1) is 22.5. The summed E-state index contributed by atoms with van der Waals surface area (Å²) < 4.78 is 28.1. The van der Waals surface area contributed by atoms with Crippen LogP contribution in [0.3, 0.4) is 0 Å². The maximum Gasteiger partial charge on any atom is 0.255 e. The van der Waals surface area contributed by atoms with Gasteiger partial charge in [0.2, 0.25) is 0 Å². The van der Waals surface area contributed by atoms with Crippen LogP contribution < -0.4 is 15.4 Å². The van der Waals surface area contributed by atoms with Crippen LogP contribution in [-0.4, -0.2) is 32.4 Å². The lowest BCUT2D eigenvalue weighted by Gasteiger charge is -2.08. The van der Waals surface area contributed by atoms with Crippen molar-refractivity contribution in [1.29, 1.82) is 0 Å². The van der Waals surface area contributed by atoms with Crippen LogP contribution in [0.25, 0.3) is 16.3 Å². The van der Waals surface area contributed by atoms with E-state index in [1.807, 2.05) is 54.6 Å². The molecule has 1 heterocycles. The number of fused-ring (bicyclic) bond motifs is 1. The molecule has 0 aliphatic carbocycles. The number of rotatable bonds is 9. The van der Waals surface area contributed by atoms with E-state index >= 15 is 0 Å². The van der Waals surface area contributed by atoms with Crippen LogP contribution in [0.4, 0.5) is 10.8 Å². The Kier molecular flexibility index (Phi) is 7.01. The molecule has 0 unspecified atom stereocenters. The summed E-state index contributed by atoms with van der Waals surface area (Å²) in [4.78, 5) is 16.8. The van der Waals surface area contributed by atoms with Crippen LogP contribution in [0, 0.1) is 0 Å². The SMILES string of the molecule is O=C(NCCNc1nc2ccccc2s1)c1ccc(NS(=O)(=O)/C=C/c2ccccc2)cc1. The summed E-state index contributed by atoms with van der Waals surface area (Å²) in [7, 11) is -3.66. The van der Waals surface area contributed by atoms with E-state index in [1.54, 1.807) is 35.6 Å². The molecule has 3 aromatic carbocycles. The van der Waals surface area contributed by atoms with Crippen LogP contribution in [0.2, 0.25) is 0 Å². The zero-order chi connectivity index (χ0) is 23.1. The van der Waals surface area contributed by atoms with E-state index in [0.717, 1.165) is 26.3 Å². The molecule has 1 aromatic heterocycles. The molecule has 0 bridgehead atoms. The van der Waals surface area contributed by atoms with Gasteiger partial charge in [0.15, 0.2) is 5.13 Å². The monoisotopic (exact) mass is 478 g/mol. The van der Waals surface area contributed by atoms with E-state index in [1.165, 1.54) is 6.08 Å². The highest BCUT2D eigenvalue weighted by Crippen LogP contribution is 2.24. The van der Waals surface area contributed by atoms with Crippen molar-refractivity contribution in [2.75, 3.05) is 23.1 Å². The van der Waals surface area contributed by atoms with Crippen molar-refractivity contribution >= 4 is 54.4 Å². The van der Waals surface area contributed by atoms with Crippen LogP contribution in [0.5, 0.6) is 0 Å². The molecule has 0 radical (unpaired) electrons. The molecule has 4 rings (SSSR count). The lowest BCUT2D eigenvalue weighted by molar-refractivity contribution is 0.0955. The molecule has 168 valence electrons. The summed E-state index contributed by atoms with van der Waals surface area (Å²) in [6, 6.07) is 23.3. The van der Waals surface area contributed by atoms with Crippen molar-refractivity contribution in [1.82, 2.24) is 10.3 Å². The predicted molar refractivity (Wildman–Crippen MR) is 135 cm³/mol. The molecular weight excluding hydrogens is 456 g/mol. The number of thiazole rings is 1. The molecule has 3 N–H and O–H groups in total. The minimum Gasteiger partial charge on any atom is -0.360 e. The minimum atomic E-state index is -3.66. The Morgan fingerprint density at radius 3 is 2.39 bits per heavy atom. The van der Waals surface area contributed by atoms with Crippen molar-refractivity contribution in [3.8, 4) is 0 Å². The van der Waals surface area contributed by atoms with Crippen molar-refractivity contribution < 1.29 is 13.2 Å². The van der Waals surface area contributed by atoms with Gasteiger partial charge in [-0.05, 0) is 48.0 Å². The molecule has 7 nitrogen and oxygen atoms in total. The second-order valence-corrected chi connectivity index (χ2v) is 9.70. The molecule has 0 fully saturated rings. The number of sulfonamides is 1.